The summed E-state index contributed by atoms with van der Waals surface area (Å²) in [4.78, 5) is 39.8. The summed E-state index contributed by atoms with van der Waals surface area (Å²) in [6.07, 6.45) is 1.65. The van der Waals surface area contributed by atoms with Gasteiger partial charge in [-0.05, 0) is 60.5 Å². The number of hydrogen-bond donors (Lipinski definition) is 3. The van der Waals surface area contributed by atoms with Crippen molar-refractivity contribution in [3.8, 4) is 11.5 Å². The Bertz CT molecular complexity index is 1660. The number of rotatable bonds is 11. The predicted octanol–water partition coefficient (Wildman–Crippen LogP) is 6.81. The van der Waals surface area contributed by atoms with Crippen molar-refractivity contribution in [3.63, 3.8) is 0 Å². The van der Waals surface area contributed by atoms with Crippen LogP contribution in [-0.2, 0) is 9.59 Å². The molecule has 4 aromatic rings. The highest BCUT2D eigenvalue weighted by molar-refractivity contribution is 8.00. The van der Waals surface area contributed by atoms with E-state index in [1.165, 1.54) is 26.0 Å². The molecule has 4 rings (SSSR count). The summed E-state index contributed by atoms with van der Waals surface area (Å²) in [7, 11) is 2.98. The number of nitrogens with one attached hydrogen (secondary N) is 3. The maximum atomic E-state index is 13.4. The number of amides is 3. The average Bonchev–Trinajstić information content (AvgIpc) is 3.01. The highest BCUT2D eigenvalue weighted by atomic mass is 35.5. The molecule has 0 aliphatic carbocycles. The molecule has 0 aliphatic rings. The summed E-state index contributed by atoms with van der Waals surface area (Å²) in [6.45, 7) is 1.93. The topological polar surface area (TPSA) is 106 Å². The van der Waals surface area contributed by atoms with Gasteiger partial charge >= 0.3 is 0 Å². The highest BCUT2D eigenvalue weighted by Gasteiger charge is 2.17. The minimum absolute atomic E-state index is 0.0905. The summed E-state index contributed by atoms with van der Waals surface area (Å²) in [5.41, 5.74) is 3.19. The molecule has 0 saturated heterocycles. The van der Waals surface area contributed by atoms with Gasteiger partial charge in [0.25, 0.3) is 11.8 Å². The van der Waals surface area contributed by atoms with Gasteiger partial charge in [0.1, 0.15) is 17.2 Å². The van der Waals surface area contributed by atoms with Gasteiger partial charge in [0.15, 0.2) is 0 Å². The molecule has 0 aliphatic heterocycles. The molecule has 43 heavy (non-hydrogen) atoms. The first-order valence-corrected chi connectivity index (χ1v) is 14.5. The molecule has 0 radical (unpaired) electrons. The van der Waals surface area contributed by atoms with Gasteiger partial charge < -0.3 is 25.4 Å². The van der Waals surface area contributed by atoms with Crippen LogP contribution < -0.4 is 25.4 Å². The number of benzene rings is 4. The molecular formula is C33H30ClN3O5S. The van der Waals surface area contributed by atoms with Gasteiger partial charge in [-0.2, -0.15) is 0 Å². The van der Waals surface area contributed by atoms with Gasteiger partial charge in [-0.3, -0.25) is 14.4 Å². The van der Waals surface area contributed by atoms with Crippen molar-refractivity contribution < 1.29 is 23.9 Å². The number of carbonyl (C=O) groups is 3. The highest BCUT2D eigenvalue weighted by Crippen LogP contribution is 2.36. The van der Waals surface area contributed by atoms with Crippen molar-refractivity contribution in [2.75, 3.05) is 30.6 Å². The summed E-state index contributed by atoms with van der Waals surface area (Å²) in [5, 5.41) is 8.75. The predicted molar refractivity (Wildman–Crippen MR) is 172 cm³/mol. The summed E-state index contributed by atoms with van der Waals surface area (Å²) in [6, 6.07) is 26.5. The monoisotopic (exact) mass is 615 g/mol. The first-order chi connectivity index (χ1) is 20.8. The molecule has 3 amide bonds. The average molecular weight is 616 g/mol. The molecular weight excluding hydrogens is 586 g/mol. The standard InChI is InChI=1S/C33H30ClN3O5S/c1-21-10-7-8-13-23(21)16-28(37-32(39)22-11-5-4-6-12-22)33(40)35-24-14-9-15-25(17-24)43-20-31(38)36-27-18-26(34)29(41-2)19-30(27)42-3/h4-19H,20H2,1-3H3,(H,35,40)(H,36,38)(H,37,39)/b28-16-. The van der Waals surface area contributed by atoms with E-state index in [9.17, 15) is 14.4 Å². The Hall–Kier alpha value is -4.73. The lowest BCUT2D eigenvalue weighted by molar-refractivity contribution is -0.114. The molecule has 3 N–H and O–H groups in total. The van der Waals surface area contributed by atoms with E-state index < -0.39 is 11.8 Å². The Morgan fingerprint density at radius 3 is 2.28 bits per heavy atom. The van der Waals surface area contributed by atoms with E-state index in [4.69, 9.17) is 21.1 Å². The lowest BCUT2D eigenvalue weighted by Gasteiger charge is -2.13. The third-order valence-electron chi connectivity index (χ3n) is 6.23. The molecule has 0 fully saturated rings. The lowest BCUT2D eigenvalue weighted by atomic mass is 10.1. The van der Waals surface area contributed by atoms with Gasteiger partial charge in [-0.1, -0.05) is 60.1 Å². The molecule has 0 heterocycles. The molecule has 220 valence electrons. The van der Waals surface area contributed by atoms with E-state index in [0.717, 1.165) is 16.0 Å². The Morgan fingerprint density at radius 1 is 0.837 bits per heavy atom. The van der Waals surface area contributed by atoms with E-state index in [1.54, 1.807) is 60.7 Å². The first kappa shape index (κ1) is 31.2. The lowest BCUT2D eigenvalue weighted by Crippen LogP contribution is -2.30. The number of anilines is 2. The number of hydrogen-bond acceptors (Lipinski definition) is 6. The Balaban J connectivity index is 1.45. The molecule has 0 unspecified atom stereocenters. The number of methoxy groups -OCH3 is 2. The zero-order chi connectivity index (χ0) is 30.8. The Labute approximate surface area is 259 Å². The van der Waals surface area contributed by atoms with Crippen LogP contribution in [0.4, 0.5) is 11.4 Å². The van der Waals surface area contributed by atoms with Crippen molar-refractivity contribution in [1.82, 2.24) is 5.32 Å². The van der Waals surface area contributed by atoms with Crippen LogP contribution in [0.3, 0.4) is 0 Å². The molecule has 0 saturated carbocycles. The Kier molecular flexibility index (Phi) is 10.9. The SMILES string of the molecule is COc1cc(OC)c(NC(=O)CSc2cccc(NC(=O)/C(=C/c3ccccc3C)NC(=O)c3ccccc3)c2)cc1Cl. The van der Waals surface area contributed by atoms with E-state index >= 15 is 0 Å². The quantitative estimate of drug-likeness (QED) is 0.126. The normalized spacial score (nSPS) is 10.9. The molecule has 8 nitrogen and oxygen atoms in total. The summed E-state index contributed by atoms with van der Waals surface area (Å²) >= 11 is 7.50. The molecule has 4 aromatic carbocycles. The van der Waals surface area contributed by atoms with Crippen molar-refractivity contribution in [2.24, 2.45) is 0 Å². The van der Waals surface area contributed by atoms with Gasteiger partial charge in [-0.15, -0.1) is 11.8 Å². The molecule has 10 heteroatoms. The van der Waals surface area contributed by atoms with Gasteiger partial charge in [0, 0.05) is 22.2 Å². The van der Waals surface area contributed by atoms with Crippen molar-refractivity contribution in [1.29, 1.82) is 0 Å². The molecule has 0 aromatic heterocycles. The van der Waals surface area contributed by atoms with Crippen LogP contribution in [0.25, 0.3) is 6.08 Å². The third kappa shape index (κ3) is 8.64. The Morgan fingerprint density at radius 2 is 1.56 bits per heavy atom. The van der Waals surface area contributed by atoms with Gasteiger partial charge in [-0.25, -0.2) is 0 Å². The summed E-state index contributed by atoms with van der Waals surface area (Å²) < 4.78 is 10.5. The van der Waals surface area contributed by atoms with Crippen LogP contribution >= 0.6 is 23.4 Å². The van der Waals surface area contributed by atoms with Crippen molar-refractivity contribution in [2.45, 2.75) is 11.8 Å². The van der Waals surface area contributed by atoms with Crippen LogP contribution in [0.15, 0.2) is 102 Å². The van der Waals surface area contributed by atoms with Crippen LogP contribution in [-0.4, -0.2) is 37.7 Å². The van der Waals surface area contributed by atoms with Crippen LogP contribution in [0.1, 0.15) is 21.5 Å². The maximum absolute atomic E-state index is 13.4. The number of ether oxygens (including phenoxy) is 2. The second-order valence-electron chi connectivity index (χ2n) is 9.24. The number of thioether (sulfide) groups is 1. The smallest absolute Gasteiger partial charge is 0.272 e. The minimum Gasteiger partial charge on any atom is -0.495 e. The zero-order valence-corrected chi connectivity index (χ0v) is 25.3. The number of halogens is 1. The largest absolute Gasteiger partial charge is 0.495 e. The fourth-order valence-corrected chi connectivity index (χ4v) is 5.00. The fourth-order valence-electron chi connectivity index (χ4n) is 4.00. The van der Waals surface area contributed by atoms with Gasteiger partial charge in [0.2, 0.25) is 5.91 Å². The zero-order valence-electron chi connectivity index (χ0n) is 23.8. The summed E-state index contributed by atoms with van der Waals surface area (Å²) in [5.74, 6) is -0.224. The van der Waals surface area contributed by atoms with Gasteiger partial charge in [0.05, 0.1) is 30.7 Å². The van der Waals surface area contributed by atoms with Crippen LogP contribution in [0, 0.1) is 6.92 Å². The van der Waals surface area contributed by atoms with Crippen molar-refractivity contribution >= 4 is 58.5 Å². The second kappa shape index (κ2) is 14.9. The van der Waals surface area contributed by atoms with Crippen molar-refractivity contribution in [3.05, 3.63) is 118 Å². The van der Waals surface area contributed by atoms with E-state index in [2.05, 4.69) is 16.0 Å². The third-order valence-corrected chi connectivity index (χ3v) is 7.52. The molecule has 0 bridgehead atoms. The molecule has 0 atom stereocenters. The van der Waals surface area contributed by atoms with E-state index in [0.29, 0.717) is 33.5 Å². The maximum Gasteiger partial charge on any atom is 0.272 e. The number of aryl methyl sites for hydroxylation is 1. The van der Waals surface area contributed by atoms with Crippen LogP contribution in [0.5, 0.6) is 11.5 Å². The van der Waals surface area contributed by atoms with E-state index in [1.807, 2.05) is 43.3 Å². The fraction of sp³-hybridized carbons (Fsp3) is 0.121. The van der Waals surface area contributed by atoms with E-state index in [-0.39, 0.29) is 17.4 Å². The first-order valence-electron chi connectivity index (χ1n) is 13.2. The minimum atomic E-state index is -0.490. The second-order valence-corrected chi connectivity index (χ2v) is 10.7. The van der Waals surface area contributed by atoms with Crippen LogP contribution in [0.2, 0.25) is 5.02 Å². The molecule has 0 spiro atoms. The number of carbonyl (C=O) groups excluding carboxylic acids is 3.